The van der Waals surface area contributed by atoms with E-state index in [4.69, 9.17) is 0 Å². The highest BCUT2D eigenvalue weighted by Gasteiger charge is 2.56. The normalized spacial score (nSPS) is 20.0. The van der Waals surface area contributed by atoms with Crippen LogP contribution in [-0.4, -0.2) is 32.6 Å². The molecule has 1 saturated heterocycles. The highest BCUT2D eigenvalue weighted by Crippen LogP contribution is 2.53. The van der Waals surface area contributed by atoms with Crippen LogP contribution in [0.2, 0.25) is 0 Å². The number of aromatic hydroxyl groups is 1. The van der Waals surface area contributed by atoms with Crippen LogP contribution in [0.4, 0.5) is 15.8 Å². The minimum Gasteiger partial charge on any atom is -0.508 e. The first-order chi connectivity index (χ1) is 18.8. The topological polar surface area (TPSA) is 109 Å². The first-order valence-electron chi connectivity index (χ1n) is 12.0. The van der Waals surface area contributed by atoms with Gasteiger partial charge in [-0.25, -0.2) is 9.29 Å². The Hall–Kier alpha value is -4.22. The Kier molecular flexibility index (Phi) is 6.32. The first-order valence-corrected chi connectivity index (χ1v) is 13.7. The van der Waals surface area contributed by atoms with Gasteiger partial charge in [-0.2, -0.15) is 0 Å². The van der Waals surface area contributed by atoms with Gasteiger partial charge in [0, 0.05) is 16.5 Å². The summed E-state index contributed by atoms with van der Waals surface area (Å²) >= 11 is 2.03. The minimum absolute atomic E-state index is 0.0502. The summed E-state index contributed by atoms with van der Waals surface area (Å²) in [5, 5.41) is 11.8. The fourth-order valence-electron chi connectivity index (χ4n) is 5.01. The number of carbonyl (C=O) groups is 3. The van der Waals surface area contributed by atoms with Crippen molar-refractivity contribution in [3.05, 3.63) is 105 Å². The number of carbonyl (C=O) groups excluding carboxylic acids is 3. The van der Waals surface area contributed by atoms with Crippen LogP contribution >= 0.6 is 23.1 Å². The van der Waals surface area contributed by atoms with Gasteiger partial charge in [0.15, 0.2) is 0 Å². The number of hydrogen-bond donors (Lipinski definition) is 2. The molecule has 0 spiro atoms. The average molecular weight is 562 g/mol. The van der Waals surface area contributed by atoms with Crippen molar-refractivity contribution in [1.29, 1.82) is 0 Å². The summed E-state index contributed by atoms with van der Waals surface area (Å²) in [6.07, 6.45) is 0. The molecule has 0 aliphatic carbocycles. The molecular weight excluding hydrogens is 541 g/mol. The number of phenolic OH excluding ortho intramolecular Hbond substituents is 1. The monoisotopic (exact) mass is 561 g/mol. The van der Waals surface area contributed by atoms with Gasteiger partial charge in [0.1, 0.15) is 23.4 Å². The molecule has 8 nitrogen and oxygen atoms in total. The molecule has 2 aliphatic heterocycles. The van der Waals surface area contributed by atoms with Crippen molar-refractivity contribution in [3.8, 4) is 5.75 Å². The fourth-order valence-corrected chi connectivity index (χ4v) is 7.78. The van der Waals surface area contributed by atoms with E-state index in [1.165, 1.54) is 45.9 Å². The maximum absolute atomic E-state index is 13.8. The first kappa shape index (κ1) is 25.1. The number of hydrogen-bond acceptors (Lipinski definition) is 7. The maximum atomic E-state index is 13.8. The van der Waals surface area contributed by atoms with Gasteiger partial charge < -0.3 is 10.4 Å². The third-order valence-electron chi connectivity index (χ3n) is 6.75. The van der Waals surface area contributed by atoms with Crippen molar-refractivity contribution in [2.75, 3.05) is 10.2 Å². The van der Waals surface area contributed by atoms with Crippen LogP contribution in [0, 0.1) is 11.7 Å². The molecule has 11 heteroatoms. The van der Waals surface area contributed by atoms with Crippen molar-refractivity contribution >= 4 is 52.2 Å². The van der Waals surface area contributed by atoms with Gasteiger partial charge in [-0.15, -0.1) is 0 Å². The third kappa shape index (κ3) is 4.43. The van der Waals surface area contributed by atoms with E-state index in [9.17, 15) is 28.7 Å². The average Bonchev–Trinajstić information content (AvgIpc) is 3.37. The lowest BCUT2D eigenvalue weighted by Crippen LogP contribution is -2.33. The Balaban J connectivity index is 1.40. The number of imide groups is 1. The summed E-state index contributed by atoms with van der Waals surface area (Å²) in [6, 6.07) is 20.3. The number of anilines is 2. The second-order valence-electron chi connectivity index (χ2n) is 9.16. The zero-order valence-electron chi connectivity index (χ0n) is 20.1. The van der Waals surface area contributed by atoms with E-state index in [0.717, 1.165) is 23.1 Å². The van der Waals surface area contributed by atoms with Gasteiger partial charge in [0.25, 0.3) is 0 Å². The lowest BCUT2D eigenvalue weighted by Gasteiger charge is -2.30. The highest BCUT2D eigenvalue weighted by molar-refractivity contribution is 8.00. The summed E-state index contributed by atoms with van der Waals surface area (Å²) in [5.74, 6) is -3.14. The van der Waals surface area contributed by atoms with Gasteiger partial charge >= 0.3 is 4.87 Å². The molecule has 3 heterocycles. The fraction of sp³-hybridized carbons (Fsp3) is 0.143. The summed E-state index contributed by atoms with van der Waals surface area (Å²) in [5.41, 5.74) is 1.50. The maximum Gasteiger partial charge on any atom is 0.308 e. The molecule has 2 unspecified atom stereocenters. The van der Waals surface area contributed by atoms with E-state index in [1.54, 1.807) is 42.5 Å². The van der Waals surface area contributed by atoms with E-state index in [-0.39, 0.29) is 18.2 Å². The number of benzene rings is 3. The van der Waals surface area contributed by atoms with E-state index >= 15 is 0 Å². The van der Waals surface area contributed by atoms with E-state index in [2.05, 4.69) is 5.32 Å². The SMILES string of the molecule is O=C(Cn1c2c(sc1=O)[C@H](c1ccc(F)cc1)C1C(=O)N(c3ccccc3)C(=O)C1S2)Nc1ccc(O)cc1. The molecular formula is C28H20FN3O5S2. The second-order valence-corrected chi connectivity index (χ2v) is 11.3. The predicted octanol–water partition coefficient (Wildman–Crippen LogP) is 4.19. The molecule has 39 heavy (non-hydrogen) atoms. The van der Waals surface area contributed by atoms with E-state index < -0.39 is 39.6 Å². The molecule has 1 aromatic heterocycles. The molecule has 0 bridgehead atoms. The largest absolute Gasteiger partial charge is 0.508 e. The van der Waals surface area contributed by atoms with Gasteiger partial charge in [0.2, 0.25) is 17.7 Å². The number of fused-ring (bicyclic) bond motifs is 2. The molecule has 4 aromatic rings. The van der Waals surface area contributed by atoms with Crippen molar-refractivity contribution in [2.24, 2.45) is 5.92 Å². The Morgan fingerprint density at radius 2 is 1.62 bits per heavy atom. The van der Waals surface area contributed by atoms with E-state index in [1.807, 2.05) is 0 Å². The summed E-state index contributed by atoms with van der Waals surface area (Å²) in [4.78, 5) is 54.8. The Bertz CT molecular complexity index is 1650. The number of nitrogens with zero attached hydrogens (tertiary/aromatic N) is 2. The zero-order valence-corrected chi connectivity index (χ0v) is 21.7. The Labute approximate surface area is 229 Å². The number of phenols is 1. The zero-order chi connectivity index (χ0) is 27.3. The van der Waals surface area contributed by atoms with Crippen LogP contribution in [0.25, 0.3) is 0 Å². The van der Waals surface area contributed by atoms with Crippen LogP contribution in [0.3, 0.4) is 0 Å². The van der Waals surface area contributed by atoms with Gasteiger partial charge in [0.05, 0.1) is 16.6 Å². The lowest BCUT2D eigenvalue weighted by atomic mass is 9.83. The third-order valence-corrected chi connectivity index (χ3v) is 9.35. The van der Waals surface area contributed by atoms with Crippen molar-refractivity contribution in [1.82, 2.24) is 4.57 Å². The van der Waals surface area contributed by atoms with Crippen molar-refractivity contribution in [2.45, 2.75) is 22.7 Å². The number of thiazole rings is 1. The molecule has 3 atom stereocenters. The van der Waals surface area contributed by atoms with Gasteiger partial charge in [-0.05, 0) is 54.1 Å². The molecule has 6 rings (SSSR count). The van der Waals surface area contributed by atoms with Crippen LogP contribution in [0.15, 0.2) is 88.7 Å². The van der Waals surface area contributed by atoms with Gasteiger partial charge in [-0.3, -0.25) is 23.7 Å². The van der Waals surface area contributed by atoms with Crippen LogP contribution < -0.4 is 15.1 Å². The van der Waals surface area contributed by atoms with E-state index in [0.29, 0.717) is 26.8 Å². The summed E-state index contributed by atoms with van der Waals surface area (Å²) in [6.45, 7) is -0.309. The van der Waals surface area contributed by atoms with Crippen LogP contribution in [0.5, 0.6) is 5.75 Å². The number of para-hydroxylation sites is 1. The van der Waals surface area contributed by atoms with Crippen molar-refractivity contribution < 1.29 is 23.9 Å². The van der Waals surface area contributed by atoms with Crippen LogP contribution in [-0.2, 0) is 20.9 Å². The Morgan fingerprint density at radius 1 is 0.923 bits per heavy atom. The number of rotatable bonds is 5. The van der Waals surface area contributed by atoms with Crippen LogP contribution in [0.1, 0.15) is 16.4 Å². The number of thioether (sulfide) groups is 1. The summed E-state index contributed by atoms with van der Waals surface area (Å²) < 4.78 is 15.1. The molecule has 0 saturated carbocycles. The lowest BCUT2D eigenvalue weighted by molar-refractivity contribution is -0.122. The minimum atomic E-state index is -0.833. The second kappa shape index (κ2) is 9.83. The smallest absolute Gasteiger partial charge is 0.308 e. The molecule has 0 radical (unpaired) electrons. The summed E-state index contributed by atoms with van der Waals surface area (Å²) in [7, 11) is 0. The number of nitrogens with one attached hydrogen (secondary N) is 1. The molecule has 2 N–H and O–H groups in total. The number of amides is 3. The Morgan fingerprint density at radius 3 is 2.31 bits per heavy atom. The molecule has 3 amide bonds. The molecule has 1 fully saturated rings. The van der Waals surface area contributed by atoms with Crippen molar-refractivity contribution in [3.63, 3.8) is 0 Å². The van der Waals surface area contributed by atoms with Gasteiger partial charge in [-0.1, -0.05) is 53.4 Å². The molecule has 196 valence electrons. The predicted molar refractivity (Wildman–Crippen MR) is 146 cm³/mol. The highest BCUT2D eigenvalue weighted by atomic mass is 32.2. The quantitative estimate of drug-likeness (QED) is 0.280. The number of aromatic nitrogens is 1. The molecule has 3 aromatic carbocycles. The standard InChI is InChI=1S/C28H20FN3O5S2/c29-16-8-6-15(7-9-16)21-22-23(26(36)32(25(22)35)18-4-2-1-3-5-18)38-27-24(21)39-28(37)31(27)14-20(34)30-17-10-12-19(33)13-11-17/h1-13,21-23,33H,14H2,(H,30,34)/t21-,22?,23?/m1/s1. The molecule has 2 aliphatic rings. The number of halogens is 1.